The third-order valence-electron chi connectivity index (χ3n) is 6.84. The van der Waals surface area contributed by atoms with Gasteiger partial charge in [0.1, 0.15) is 11.5 Å². The number of hydrogen-bond donors (Lipinski definition) is 2. The summed E-state index contributed by atoms with van der Waals surface area (Å²) in [6, 6.07) is 11.7. The van der Waals surface area contributed by atoms with Gasteiger partial charge >= 0.3 is 6.18 Å². The number of aromatic nitrogens is 3. The normalized spacial score (nSPS) is 13.7. The lowest BCUT2D eigenvalue weighted by Gasteiger charge is -2.28. The molecule has 2 N–H and O–H groups in total. The van der Waals surface area contributed by atoms with Crippen molar-refractivity contribution in [3.05, 3.63) is 93.8 Å². The molecular weight excluding hydrogens is 578 g/mol. The lowest BCUT2D eigenvalue weighted by molar-refractivity contribution is -0.137. The molecule has 0 unspecified atom stereocenters. The molecule has 12 heteroatoms. The maximum Gasteiger partial charge on any atom is 0.417 e. The molecule has 212 valence electrons. The van der Waals surface area contributed by atoms with E-state index in [-0.39, 0.29) is 34.0 Å². The van der Waals surface area contributed by atoms with E-state index in [0.717, 1.165) is 50.0 Å². The zero-order chi connectivity index (χ0) is 29.1. The number of H-pyrrole nitrogens is 1. The van der Waals surface area contributed by atoms with Crippen LogP contribution in [0.2, 0.25) is 5.02 Å². The van der Waals surface area contributed by atoms with Gasteiger partial charge in [0.25, 0.3) is 5.91 Å². The number of nitrogens with one attached hydrogen (secondary N) is 2. The number of nitrogens with zero attached hydrogens (tertiary/aromatic N) is 3. The first-order valence-electron chi connectivity index (χ1n) is 12.8. The summed E-state index contributed by atoms with van der Waals surface area (Å²) in [5, 5.41) is 8.96. The predicted molar refractivity (Wildman–Crippen MR) is 152 cm³/mol. The molecule has 1 saturated heterocycles. The molecule has 0 bridgehead atoms. The number of rotatable bonds is 7. The maximum absolute atomic E-state index is 14.0. The summed E-state index contributed by atoms with van der Waals surface area (Å²) >= 11 is 11.7. The van der Waals surface area contributed by atoms with Gasteiger partial charge in [0.15, 0.2) is 5.78 Å². The smallest absolute Gasteiger partial charge is 0.357 e. The highest BCUT2D eigenvalue weighted by atomic mass is 35.5. The Morgan fingerprint density at radius 1 is 1.02 bits per heavy atom. The molecule has 0 atom stereocenters. The lowest BCUT2D eigenvalue weighted by Crippen LogP contribution is -2.30. The summed E-state index contributed by atoms with van der Waals surface area (Å²) < 4.78 is 40.6. The molecule has 4 aromatic rings. The number of pyridine rings is 1. The van der Waals surface area contributed by atoms with Crippen molar-refractivity contribution in [1.29, 1.82) is 0 Å². The second kappa shape index (κ2) is 11.9. The molecule has 7 nitrogen and oxygen atoms in total. The van der Waals surface area contributed by atoms with E-state index in [1.54, 1.807) is 30.3 Å². The number of benzene rings is 2. The Hall–Kier alpha value is -3.89. The molecule has 2 aromatic carbocycles. The molecule has 1 fully saturated rings. The Morgan fingerprint density at radius 3 is 2.54 bits per heavy atom. The molecule has 3 heterocycles. The van der Waals surface area contributed by atoms with Gasteiger partial charge < -0.3 is 10.2 Å². The highest BCUT2D eigenvalue weighted by Crippen LogP contribution is 2.38. The Kier molecular flexibility index (Phi) is 8.32. The van der Waals surface area contributed by atoms with Crippen molar-refractivity contribution in [3.8, 4) is 11.3 Å². The van der Waals surface area contributed by atoms with E-state index >= 15 is 0 Å². The molecule has 0 aliphatic carbocycles. The van der Waals surface area contributed by atoms with Crippen LogP contribution >= 0.6 is 23.2 Å². The number of anilines is 2. The molecule has 2 aromatic heterocycles. The number of amides is 1. The topological polar surface area (TPSA) is 91.0 Å². The molecule has 41 heavy (non-hydrogen) atoms. The average Bonchev–Trinajstić information content (AvgIpc) is 3.47. The van der Waals surface area contributed by atoms with Crippen molar-refractivity contribution >= 4 is 46.4 Å². The summed E-state index contributed by atoms with van der Waals surface area (Å²) in [7, 11) is 0. The third kappa shape index (κ3) is 6.23. The number of piperidine rings is 1. The lowest BCUT2D eigenvalue weighted by atomic mass is 9.98. The second-order valence-corrected chi connectivity index (χ2v) is 10.3. The van der Waals surface area contributed by atoms with Gasteiger partial charge in [-0.1, -0.05) is 29.8 Å². The van der Waals surface area contributed by atoms with Crippen LogP contribution in [0, 0.1) is 0 Å². The van der Waals surface area contributed by atoms with E-state index < -0.39 is 28.5 Å². The highest BCUT2D eigenvalue weighted by Gasteiger charge is 2.34. The van der Waals surface area contributed by atoms with Crippen LogP contribution in [0.4, 0.5) is 24.7 Å². The van der Waals surface area contributed by atoms with Crippen LogP contribution < -0.4 is 10.2 Å². The Balaban J connectivity index is 1.55. The van der Waals surface area contributed by atoms with Crippen molar-refractivity contribution in [3.63, 3.8) is 0 Å². The van der Waals surface area contributed by atoms with Crippen molar-refractivity contribution in [2.75, 3.05) is 23.3 Å². The number of alkyl halides is 4. The van der Waals surface area contributed by atoms with Gasteiger partial charge in [-0.3, -0.25) is 14.7 Å². The van der Waals surface area contributed by atoms with E-state index in [1.807, 2.05) is 0 Å². The first-order valence-corrected chi connectivity index (χ1v) is 13.7. The summed E-state index contributed by atoms with van der Waals surface area (Å²) in [6.45, 7) is 1.53. The Morgan fingerprint density at radius 2 is 1.80 bits per heavy atom. The van der Waals surface area contributed by atoms with E-state index in [9.17, 15) is 22.8 Å². The summed E-state index contributed by atoms with van der Waals surface area (Å²) in [5.74, 6) is -0.242. The summed E-state index contributed by atoms with van der Waals surface area (Å²) in [5.41, 5.74) is 0.411. The first kappa shape index (κ1) is 28.6. The van der Waals surface area contributed by atoms with Gasteiger partial charge in [0.2, 0.25) is 0 Å². The monoisotopic (exact) mass is 601 g/mol. The van der Waals surface area contributed by atoms with Crippen molar-refractivity contribution < 1.29 is 22.8 Å². The van der Waals surface area contributed by atoms with E-state index in [2.05, 4.69) is 25.4 Å². The quantitative estimate of drug-likeness (QED) is 0.171. The van der Waals surface area contributed by atoms with Crippen LogP contribution in [0.5, 0.6) is 0 Å². The fourth-order valence-electron chi connectivity index (χ4n) is 4.74. The summed E-state index contributed by atoms with van der Waals surface area (Å²) in [6.07, 6.45) is 1.09. The fourth-order valence-corrected chi connectivity index (χ4v) is 5.13. The molecule has 0 radical (unpaired) electrons. The predicted octanol–water partition coefficient (Wildman–Crippen LogP) is 7.36. The molecule has 5 rings (SSSR count). The number of halogens is 5. The van der Waals surface area contributed by atoms with Gasteiger partial charge in [0, 0.05) is 36.3 Å². The van der Waals surface area contributed by atoms with Crippen LogP contribution in [-0.2, 0) is 12.1 Å². The number of carbonyl (C=O) groups excluding carboxylic acids is 2. The third-order valence-corrected chi connectivity index (χ3v) is 7.47. The van der Waals surface area contributed by atoms with Crippen molar-refractivity contribution in [1.82, 2.24) is 15.2 Å². The molecular formula is C29H24Cl2F3N5O2. The van der Waals surface area contributed by atoms with Crippen LogP contribution in [0.3, 0.4) is 0 Å². The van der Waals surface area contributed by atoms with Crippen molar-refractivity contribution in [2.24, 2.45) is 0 Å². The van der Waals surface area contributed by atoms with Crippen LogP contribution in [0.15, 0.2) is 60.9 Å². The molecule has 1 aliphatic heterocycles. The Labute approximate surface area is 243 Å². The number of aromatic amines is 1. The van der Waals surface area contributed by atoms with Gasteiger partial charge in [0.05, 0.1) is 33.6 Å². The standard InChI is InChI=1S/C29H24Cl2F3N5O2/c30-14-17-5-4-6-19(11-17)28(41)37-24-16-35-25(39-9-2-1-3-10-39)13-20(24)27(40)21-15-36-38-26(21)18-7-8-23(31)22(12-18)29(32,33)34/h4-8,11-13,15-16H,1-3,9-10,14H2,(H,36,38)(H,37,41). The average molecular weight is 602 g/mol. The van der Waals surface area contributed by atoms with Gasteiger partial charge in [-0.05, 0) is 55.2 Å². The zero-order valence-electron chi connectivity index (χ0n) is 21.6. The second-order valence-electron chi connectivity index (χ2n) is 9.59. The van der Waals surface area contributed by atoms with E-state index in [0.29, 0.717) is 11.4 Å². The highest BCUT2D eigenvalue weighted by molar-refractivity contribution is 6.31. The maximum atomic E-state index is 14.0. The number of ketones is 1. The minimum absolute atomic E-state index is 0.0144. The minimum Gasteiger partial charge on any atom is -0.357 e. The van der Waals surface area contributed by atoms with E-state index in [4.69, 9.17) is 23.2 Å². The van der Waals surface area contributed by atoms with Crippen LogP contribution in [0.1, 0.15) is 56.7 Å². The fraction of sp³-hybridized carbons (Fsp3) is 0.241. The molecule has 1 aliphatic rings. The van der Waals surface area contributed by atoms with E-state index in [1.165, 1.54) is 18.5 Å². The molecule has 0 spiro atoms. The molecule has 0 saturated carbocycles. The Bertz CT molecular complexity index is 1600. The van der Waals surface area contributed by atoms with Crippen LogP contribution in [0.25, 0.3) is 11.3 Å². The van der Waals surface area contributed by atoms with Crippen molar-refractivity contribution in [2.45, 2.75) is 31.3 Å². The SMILES string of the molecule is O=C(Nc1cnc(N2CCCCC2)cc1C(=O)c1c[nH]nc1-c1ccc(Cl)c(C(F)(F)F)c1)c1cccc(CCl)c1. The minimum atomic E-state index is -4.69. The molecule has 1 amide bonds. The van der Waals surface area contributed by atoms with Crippen LogP contribution in [-0.4, -0.2) is 40.0 Å². The summed E-state index contributed by atoms with van der Waals surface area (Å²) in [4.78, 5) is 33.7. The zero-order valence-corrected chi connectivity index (χ0v) is 23.1. The number of carbonyl (C=O) groups is 2. The largest absolute Gasteiger partial charge is 0.417 e. The first-order chi connectivity index (χ1) is 19.7. The van der Waals surface area contributed by atoms with Gasteiger partial charge in [-0.2, -0.15) is 18.3 Å². The van der Waals surface area contributed by atoms with Gasteiger partial charge in [-0.25, -0.2) is 4.98 Å². The van der Waals surface area contributed by atoms with Gasteiger partial charge in [-0.15, -0.1) is 11.6 Å². The number of hydrogen-bond acceptors (Lipinski definition) is 5.